The second kappa shape index (κ2) is 10.5. The fraction of sp³-hybridized carbons (Fsp3) is 0.409. The van der Waals surface area contributed by atoms with Crippen LogP contribution in [0.1, 0.15) is 24.8 Å². The summed E-state index contributed by atoms with van der Waals surface area (Å²) in [4.78, 5) is 7.29. The highest BCUT2D eigenvalue weighted by Gasteiger charge is 2.24. The van der Waals surface area contributed by atoms with E-state index < -0.39 is 10.1 Å². The molecule has 2 aliphatic heterocycles. The molecule has 0 bridgehead atoms. The molecule has 0 atom stereocenters. The maximum Gasteiger partial charge on any atom is 0.261 e. The zero-order valence-corrected chi connectivity index (χ0v) is 19.1. The Bertz CT molecular complexity index is 1040. The van der Waals surface area contributed by atoms with Crippen molar-refractivity contribution in [3.63, 3.8) is 0 Å². The highest BCUT2D eigenvalue weighted by molar-refractivity contribution is 7.99. The van der Waals surface area contributed by atoms with Crippen LogP contribution >= 0.6 is 11.8 Å². The number of hydrogen-bond donors (Lipinski definition) is 2. The van der Waals surface area contributed by atoms with E-state index in [1.165, 1.54) is 15.5 Å². The minimum Gasteiger partial charge on any atom is -0.393 e. The van der Waals surface area contributed by atoms with Crippen molar-refractivity contribution in [3.8, 4) is 6.07 Å². The maximum atomic E-state index is 9.66. The van der Waals surface area contributed by atoms with E-state index in [-0.39, 0.29) is 6.10 Å². The smallest absolute Gasteiger partial charge is 0.261 e. The number of nitrogens with zero attached hydrogens (tertiary/aromatic N) is 3. The first-order valence-electron chi connectivity index (χ1n) is 10.2. The zero-order valence-electron chi connectivity index (χ0n) is 17.4. The summed E-state index contributed by atoms with van der Waals surface area (Å²) in [5.74, 6) is 0. The first-order valence-corrected chi connectivity index (χ1v) is 12.8. The predicted octanol–water partition coefficient (Wildman–Crippen LogP) is 3.51. The lowest BCUT2D eigenvalue weighted by atomic mass is 10.1. The van der Waals surface area contributed by atoms with Gasteiger partial charge in [0, 0.05) is 29.4 Å². The van der Waals surface area contributed by atoms with Gasteiger partial charge in [0.25, 0.3) is 10.1 Å². The Morgan fingerprint density at radius 2 is 1.74 bits per heavy atom. The molecule has 2 heterocycles. The number of benzene rings is 2. The molecule has 4 rings (SSSR count). The molecule has 2 aliphatic rings. The Balaban J connectivity index is 0.000000491. The summed E-state index contributed by atoms with van der Waals surface area (Å²) < 4.78 is 25.9. The zero-order chi connectivity index (χ0) is 22.4. The van der Waals surface area contributed by atoms with Crippen LogP contribution in [0.5, 0.6) is 0 Å². The van der Waals surface area contributed by atoms with Crippen LogP contribution in [0.2, 0.25) is 0 Å². The Morgan fingerprint density at radius 1 is 1.10 bits per heavy atom. The predicted molar refractivity (Wildman–Crippen MR) is 122 cm³/mol. The molecule has 1 saturated heterocycles. The lowest BCUT2D eigenvalue weighted by molar-refractivity contribution is 0.0824. The lowest BCUT2D eigenvalue weighted by Gasteiger charge is -2.34. The molecule has 0 aliphatic carbocycles. The van der Waals surface area contributed by atoms with Gasteiger partial charge in [-0.1, -0.05) is 23.9 Å². The van der Waals surface area contributed by atoms with Crippen LogP contribution in [0.15, 0.2) is 52.3 Å². The quantitative estimate of drug-likeness (QED) is 0.667. The number of piperidine rings is 1. The van der Waals surface area contributed by atoms with Crippen LogP contribution in [-0.4, -0.2) is 61.5 Å². The summed E-state index contributed by atoms with van der Waals surface area (Å²) in [6.45, 7) is 3.95. The molecule has 7 nitrogen and oxygen atoms in total. The van der Waals surface area contributed by atoms with Crippen LogP contribution in [0.25, 0.3) is 0 Å². The molecule has 0 saturated carbocycles. The number of fused-ring (bicyclic) bond motifs is 2. The van der Waals surface area contributed by atoms with Crippen LogP contribution < -0.4 is 4.90 Å². The first kappa shape index (κ1) is 23.6. The summed E-state index contributed by atoms with van der Waals surface area (Å²) in [5, 5.41) is 18.9. The summed E-state index contributed by atoms with van der Waals surface area (Å²) in [7, 11) is -3.67. The molecule has 0 amide bonds. The van der Waals surface area contributed by atoms with Gasteiger partial charge in [0.2, 0.25) is 0 Å². The van der Waals surface area contributed by atoms with E-state index >= 15 is 0 Å². The van der Waals surface area contributed by atoms with Crippen LogP contribution in [0.4, 0.5) is 11.4 Å². The Hall–Kier alpha value is -2.09. The monoisotopic (exact) mass is 461 g/mol. The van der Waals surface area contributed by atoms with Crippen LogP contribution in [0, 0.1) is 11.3 Å². The number of nitriles is 1. The maximum absolute atomic E-state index is 9.66. The molecular formula is C22H27N3O4S2. The summed E-state index contributed by atoms with van der Waals surface area (Å²) in [6, 6.07) is 16.7. The fourth-order valence-electron chi connectivity index (χ4n) is 3.74. The van der Waals surface area contributed by atoms with E-state index in [2.05, 4.69) is 46.2 Å². The third-order valence-corrected chi connectivity index (χ3v) is 6.30. The van der Waals surface area contributed by atoms with E-state index in [0.717, 1.165) is 51.1 Å². The van der Waals surface area contributed by atoms with Crippen molar-refractivity contribution < 1.29 is 18.1 Å². The second-order valence-corrected chi connectivity index (χ2v) is 10.2. The van der Waals surface area contributed by atoms with Gasteiger partial charge < -0.3 is 14.9 Å². The number of anilines is 2. The van der Waals surface area contributed by atoms with Gasteiger partial charge in [-0.05, 0) is 56.1 Å². The van der Waals surface area contributed by atoms with Crippen molar-refractivity contribution in [3.05, 3.63) is 48.0 Å². The third kappa shape index (κ3) is 6.95. The van der Waals surface area contributed by atoms with Crippen LogP contribution in [-0.2, 0) is 10.1 Å². The van der Waals surface area contributed by atoms with Gasteiger partial charge in [0.1, 0.15) is 0 Å². The minimum absolute atomic E-state index is 0.117. The van der Waals surface area contributed by atoms with E-state index in [1.54, 1.807) is 11.8 Å². The molecule has 0 aromatic heterocycles. The summed E-state index contributed by atoms with van der Waals surface area (Å²) in [5.41, 5.74) is 3.08. The number of para-hydroxylation sites is 1. The van der Waals surface area contributed by atoms with E-state index in [0.29, 0.717) is 11.8 Å². The minimum atomic E-state index is -3.67. The highest BCUT2D eigenvalue weighted by Crippen LogP contribution is 2.48. The number of aliphatic hydroxyl groups is 1. The van der Waals surface area contributed by atoms with Crippen molar-refractivity contribution in [1.29, 1.82) is 5.26 Å². The summed E-state index contributed by atoms with van der Waals surface area (Å²) >= 11 is 1.78. The van der Waals surface area contributed by atoms with E-state index in [4.69, 9.17) is 4.55 Å². The molecular weight excluding hydrogens is 434 g/mol. The molecule has 2 aromatic rings. The Kier molecular flexibility index (Phi) is 7.97. The van der Waals surface area contributed by atoms with Gasteiger partial charge in [-0.25, -0.2) is 0 Å². The van der Waals surface area contributed by atoms with Gasteiger partial charge in [-0.15, -0.1) is 0 Å². The highest BCUT2D eigenvalue weighted by atomic mass is 32.2. The van der Waals surface area contributed by atoms with Gasteiger partial charge in [0.05, 0.1) is 35.4 Å². The molecule has 2 N–H and O–H groups in total. The van der Waals surface area contributed by atoms with Crippen molar-refractivity contribution >= 4 is 33.3 Å². The van der Waals surface area contributed by atoms with Crippen molar-refractivity contribution in [2.75, 3.05) is 37.3 Å². The fourth-order valence-corrected chi connectivity index (χ4v) is 4.81. The van der Waals surface area contributed by atoms with Crippen molar-refractivity contribution in [1.82, 2.24) is 4.90 Å². The third-order valence-electron chi connectivity index (χ3n) is 5.17. The molecule has 0 radical (unpaired) electrons. The van der Waals surface area contributed by atoms with Gasteiger partial charge in [-0.3, -0.25) is 4.55 Å². The largest absolute Gasteiger partial charge is 0.393 e. The van der Waals surface area contributed by atoms with Crippen LogP contribution in [0.3, 0.4) is 0 Å². The van der Waals surface area contributed by atoms with E-state index in [1.807, 2.05) is 12.1 Å². The molecule has 0 spiro atoms. The number of hydrogen-bond acceptors (Lipinski definition) is 7. The molecule has 9 heteroatoms. The molecule has 0 unspecified atom stereocenters. The number of rotatable bonds is 4. The number of aliphatic hydroxyl groups excluding tert-OH is 1. The summed E-state index contributed by atoms with van der Waals surface area (Å²) in [6.07, 6.45) is 3.43. The normalized spacial score (nSPS) is 16.5. The topological polar surface area (TPSA) is 105 Å². The molecule has 31 heavy (non-hydrogen) atoms. The molecule has 2 aromatic carbocycles. The molecule has 1 fully saturated rings. The first-order chi connectivity index (χ1) is 14.7. The van der Waals surface area contributed by atoms with Crippen molar-refractivity contribution in [2.24, 2.45) is 0 Å². The van der Waals surface area contributed by atoms with Gasteiger partial charge >= 0.3 is 0 Å². The van der Waals surface area contributed by atoms with Crippen molar-refractivity contribution in [2.45, 2.75) is 35.2 Å². The lowest BCUT2D eigenvalue weighted by Crippen LogP contribution is -2.37. The Labute approximate surface area is 188 Å². The average molecular weight is 462 g/mol. The SMILES string of the molecule is CS(=O)(=O)O.N#Cc1ccc2c(c1)N(CCCN1CCC(O)CC1)c1ccccc1S2. The average Bonchev–Trinajstić information content (AvgIpc) is 2.73. The standard InChI is InChI=1S/C21H23N3OS.CH4O3S/c22-15-16-6-7-21-19(14-16)24(18-4-1-2-5-20(18)26-21)11-3-10-23-12-8-17(25)9-13-23;1-5(2,3)4/h1-2,4-7,14,17,25H,3,8-13H2;1H3,(H,2,3,4). The second-order valence-electron chi connectivity index (χ2n) is 7.68. The van der Waals surface area contributed by atoms with Gasteiger partial charge in [0.15, 0.2) is 0 Å². The van der Waals surface area contributed by atoms with Gasteiger partial charge in [-0.2, -0.15) is 13.7 Å². The molecule has 166 valence electrons. The number of likely N-dealkylation sites (tertiary alicyclic amines) is 1. The van der Waals surface area contributed by atoms with E-state index in [9.17, 15) is 18.8 Å². The Morgan fingerprint density at radius 3 is 2.42 bits per heavy atom.